The van der Waals surface area contributed by atoms with E-state index in [9.17, 15) is 4.79 Å². The zero-order valence-corrected chi connectivity index (χ0v) is 11.6. The van der Waals surface area contributed by atoms with Crippen molar-refractivity contribution >= 4 is 29.9 Å². The fourth-order valence-corrected chi connectivity index (χ4v) is 2.04. The van der Waals surface area contributed by atoms with Crippen LogP contribution in [0.15, 0.2) is 24.3 Å². The topological polar surface area (TPSA) is 55.1 Å². The molecule has 0 aromatic heterocycles. The zero-order valence-electron chi connectivity index (χ0n) is 10.1. The van der Waals surface area contributed by atoms with Gasteiger partial charge in [0.15, 0.2) is 0 Å². The highest BCUT2D eigenvalue weighted by atomic mass is 35.5. The molecule has 1 fully saturated rings. The molecule has 3 N–H and O–H groups in total. The first-order valence-corrected chi connectivity index (χ1v) is 6.30. The van der Waals surface area contributed by atoms with Gasteiger partial charge in [-0.3, -0.25) is 4.79 Å². The largest absolute Gasteiger partial charge is 0.352 e. The Kier molecular flexibility index (Phi) is 5.93. The first kappa shape index (κ1) is 15.3. The van der Waals surface area contributed by atoms with Gasteiger partial charge in [-0.1, -0.05) is 23.7 Å². The van der Waals surface area contributed by atoms with Crippen LogP contribution in [-0.2, 0) is 11.2 Å². The molecule has 0 radical (unpaired) electrons. The standard InChI is InChI=1S/C13H17ClN2O.ClH/c14-11-5-1-9(2-6-11)7-13(17)16-12(8-15)10-3-4-10;/h1-2,5-6,10,12H,3-4,7-8,15H2,(H,16,17);1H. The lowest BCUT2D eigenvalue weighted by Gasteiger charge is -2.15. The van der Waals surface area contributed by atoms with Crippen LogP contribution in [0, 0.1) is 5.92 Å². The average Bonchev–Trinajstić information content (AvgIpc) is 3.13. The first-order chi connectivity index (χ1) is 8.19. The number of carbonyl (C=O) groups excluding carboxylic acids is 1. The molecule has 18 heavy (non-hydrogen) atoms. The molecule has 0 heterocycles. The van der Waals surface area contributed by atoms with E-state index >= 15 is 0 Å². The summed E-state index contributed by atoms with van der Waals surface area (Å²) < 4.78 is 0. The minimum Gasteiger partial charge on any atom is -0.352 e. The molecule has 2 rings (SSSR count). The second-order valence-corrected chi connectivity index (χ2v) is 4.99. The van der Waals surface area contributed by atoms with Crippen molar-refractivity contribution in [3.63, 3.8) is 0 Å². The van der Waals surface area contributed by atoms with Crippen LogP contribution >= 0.6 is 24.0 Å². The molecule has 3 nitrogen and oxygen atoms in total. The Morgan fingerprint density at radius 1 is 1.39 bits per heavy atom. The summed E-state index contributed by atoms with van der Waals surface area (Å²) in [5, 5.41) is 3.68. The molecule has 1 aliphatic rings. The Bertz CT molecular complexity index is 390. The van der Waals surface area contributed by atoms with Gasteiger partial charge in [0.05, 0.1) is 6.42 Å². The van der Waals surface area contributed by atoms with Crippen molar-refractivity contribution in [1.29, 1.82) is 0 Å². The van der Waals surface area contributed by atoms with Crippen molar-refractivity contribution in [3.05, 3.63) is 34.9 Å². The maximum atomic E-state index is 11.8. The predicted octanol–water partition coefficient (Wildman–Crippen LogP) is 2.16. The Labute approximate surface area is 118 Å². The van der Waals surface area contributed by atoms with Crippen LogP contribution < -0.4 is 11.1 Å². The molecular formula is C13H18Cl2N2O. The van der Waals surface area contributed by atoms with E-state index in [1.807, 2.05) is 12.1 Å². The molecule has 0 spiro atoms. The van der Waals surface area contributed by atoms with Gasteiger partial charge in [-0.05, 0) is 36.5 Å². The van der Waals surface area contributed by atoms with Crippen LogP contribution in [0.2, 0.25) is 5.02 Å². The summed E-state index contributed by atoms with van der Waals surface area (Å²) in [7, 11) is 0. The van der Waals surface area contributed by atoms with E-state index < -0.39 is 0 Å². The van der Waals surface area contributed by atoms with Gasteiger partial charge in [-0.15, -0.1) is 12.4 Å². The fourth-order valence-electron chi connectivity index (χ4n) is 1.91. The molecular weight excluding hydrogens is 271 g/mol. The second-order valence-electron chi connectivity index (χ2n) is 4.55. The van der Waals surface area contributed by atoms with Gasteiger partial charge < -0.3 is 11.1 Å². The van der Waals surface area contributed by atoms with E-state index in [2.05, 4.69) is 5.32 Å². The normalized spacial score (nSPS) is 15.7. The number of rotatable bonds is 5. The zero-order chi connectivity index (χ0) is 12.3. The minimum absolute atomic E-state index is 0. The van der Waals surface area contributed by atoms with E-state index in [4.69, 9.17) is 17.3 Å². The minimum atomic E-state index is 0. The molecule has 0 aliphatic heterocycles. The summed E-state index contributed by atoms with van der Waals surface area (Å²) >= 11 is 5.79. The molecule has 1 atom stereocenters. The van der Waals surface area contributed by atoms with Crippen molar-refractivity contribution in [2.45, 2.75) is 25.3 Å². The number of halogens is 2. The number of hydrogen-bond acceptors (Lipinski definition) is 2. The van der Waals surface area contributed by atoms with Crippen molar-refractivity contribution in [1.82, 2.24) is 5.32 Å². The Morgan fingerprint density at radius 3 is 2.50 bits per heavy atom. The van der Waals surface area contributed by atoms with Crippen LogP contribution in [0.25, 0.3) is 0 Å². The summed E-state index contributed by atoms with van der Waals surface area (Å²) in [6.07, 6.45) is 2.76. The number of nitrogens with two attached hydrogens (primary N) is 1. The number of carbonyl (C=O) groups is 1. The smallest absolute Gasteiger partial charge is 0.224 e. The third kappa shape index (κ3) is 4.48. The second kappa shape index (κ2) is 6.98. The Hall–Kier alpha value is -0.770. The van der Waals surface area contributed by atoms with E-state index in [0.717, 1.165) is 5.56 Å². The van der Waals surface area contributed by atoms with Crippen molar-refractivity contribution in [3.8, 4) is 0 Å². The van der Waals surface area contributed by atoms with Gasteiger partial charge in [0.1, 0.15) is 0 Å². The molecule has 0 saturated heterocycles. The van der Waals surface area contributed by atoms with Crippen molar-refractivity contribution < 1.29 is 4.79 Å². The summed E-state index contributed by atoms with van der Waals surface area (Å²) in [6.45, 7) is 0.525. The van der Waals surface area contributed by atoms with Gasteiger partial charge in [0.2, 0.25) is 5.91 Å². The van der Waals surface area contributed by atoms with E-state index in [1.165, 1.54) is 12.8 Å². The summed E-state index contributed by atoms with van der Waals surface area (Å²) in [4.78, 5) is 11.8. The predicted molar refractivity (Wildman–Crippen MR) is 76.1 cm³/mol. The molecule has 1 saturated carbocycles. The highest BCUT2D eigenvalue weighted by Gasteiger charge is 2.31. The third-order valence-electron chi connectivity index (χ3n) is 3.07. The molecule has 5 heteroatoms. The van der Waals surface area contributed by atoms with E-state index in [-0.39, 0.29) is 24.4 Å². The number of hydrogen-bond donors (Lipinski definition) is 2. The fraction of sp³-hybridized carbons (Fsp3) is 0.462. The number of benzene rings is 1. The lowest BCUT2D eigenvalue weighted by Crippen LogP contribution is -2.42. The lowest BCUT2D eigenvalue weighted by atomic mass is 10.1. The van der Waals surface area contributed by atoms with Crippen LogP contribution in [0.4, 0.5) is 0 Å². The lowest BCUT2D eigenvalue weighted by molar-refractivity contribution is -0.121. The average molecular weight is 289 g/mol. The Balaban J connectivity index is 0.00000162. The Morgan fingerprint density at radius 2 is 2.00 bits per heavy atom. The van der Waals surface area contributed by atoms with Gasteiger partial charge >= 0.3 is 0 Å². The van der Waals surface area contributed by atoms with Gasteiger partial charge in [-0.25, -0.2) is 0 Å². The molecule has 1 amide bonds. The molecule has 100 valence electrons. The van der Waals surface area contributed by atoms with Crippen LogP contribution in [0.3, 0.4) is 0 Å². The maximum absolute atomic E-state index is 11.8. The van der Waals surface area contributed by atoms with Crippen LogP contribution in [0.1, 0.15) is 18.4 Å². The monoisotopic (exact) mass is 288 g/mol. The summed E-state index contributed by atoms with van der Waals surface area (Å²) in [6, 6.07) is 7.49. The summed E-state index contributed by atoms with van der Waals surface area (Å²) in [5.74, 6) is 0.629. The quantitative estimate of drug-likeness (QED) is 0.872. The summed E-state index contributed by atoms with van der Waals surface area (Å²) in [5.41, 5.74) is 6.61. The highest BCUT2D eigenvalue weighted by molar-refractivity contribution is 6.30. The SMILES string of the molecule is Cl.NCC(NC(=O)Cc1ccc(Cl)cc1)C1CC1. The maximum Gasteiger partial charge on any atom is 0.224 e. The van der Waals surface area contributed by atoms with E-state index in [0.29, 0.717) is 23.9 Å². The van der Waals surface area contributed by atoms with Crippen molar-refractivity contribution in [2.24, 2.45) is 11.7 Å². The van der Waals surface area contributed by atoms with Crippen molar-refractivity contribution in [2.75, 3.05) is 6.54 Å². The molecule has 0 bridgehead atoms. The first-order valence-electron chi connectivity index (χ1n) is 5.93. The highest BCUT2D eigenvalue weighted by Crippen LogP contribution is 2.32. The van der Waals surface area contributed by atoms with E-state index in [1.54, 1.807) is 12.1 Å². The van der Waals surface area contributed by atoms with Gasteiger partial charge in [0.25, 0.3) is 0 Å². The number of amides is 1. The molecule has 1 aromatic carbocycles. The van der Waals surface area contributed by atoms with Gasteiger partial charge in [-0.2, -0.15) is 0 Å². The third-order valence-corrected chi connectivity index (χ3v) is 3.32. The number of nitrogens with one attached hydrogen (secondary N) is 1. The van der Waals surface area contributed by atoms with Crippen LogP contribution in [0.5, 0.6) is 0 Å². The molecule has 1 aromatic rings. The van der Waals surface area contributed by atoms with Crippen LogP contribution in [-0.4, -0.2) is 18.5 Å². The molecule has 1 unspecified atom stereocenters. The molecule has 1 aliphatic carbocycles. The van der Waals surface area contributed by atoms with Gasteiger partial charge in [0, 0.05) is 17.6 Å².